The van der Waals surface area contributed by atoms with Gasteiger partial charge in [0, 0.05) is 22.5 Å². The van der Waals surface area contributed by atoms with Gasteiger partial charge in [-0.3, -0.25) is 0 Å². The van der Waals surface area contributed by atoms with E-state index < -0.39 is 0 Å². The first-order valence-corrected chi connectivity index (χ1v) is 5.35. The monoisotopic (exact) mass is 205 g/mol. The third-order valence-electron chi connectivity index (χ3n) is 1.35. The van der Waals surface area contributed by atoms with Gasteiger partial charge < -0.3 is 10.8 Å². The van der Waals surface area contributed by atoms with Crippen LogP contribution in [0.25, 0.3) is 0 Å². The van der Waals surface area contributed by atoms with Crippen molar-refractivity contribution in [2.45, 2.75) is 17.9 Å². The Balaban J connectivity index is 2.38. The maximum atomic E-state index is 8.75. The highest BCUT2D eigenvalue weighted by Gasteiger charge is 2.06. The molecule has 4 nitrogen and oxygen atoms in total. The topological polar surface area (TPSA) is 72.0 Å². The van der Waals surface area contributed by atoms with Crippen molar-refractivity contribution in [3.63, 3.8) is 0 Å². The van der Waals surface area contributed by atoms with Crippen LogP contribution in [-0.2, 0) is 5.75 Å². The summed E-state index contributed by atoms with van der Waals surface area (Å²) in [6, 6.07) is 0. The SMILES string of the molecule is CC(CO)SCc1nnsc1N. The second kappa shape index (κ2) is 4.64. The number of hydrogen-bond donors (Lipinski definition) is 2. The zero-order valence-electron chi connectivity index (χ0n) is 6.73. The Bertz CT molecular complexity index is 240. The van der Waals surface area contributed by atoms with E-state index in [4.69, 9.17) is 10.8 Å². The lowest BCUT2D eigenvalue weighted by Gasteiger charge is -2.04. The summed E-state index contributed by atoms with van der Waals surface area (Å²) in [6.45, 7) is 2.14. The van der Waals surface area contributed by atoms with Gasteiger partial charge in [-0.25, -0.2) is 0 Å². The first-order valence-electron chi connectivity index (χ1n) is 3.53. The van der Waals surface area contributed by atoms with Gasteiger partial charge in [0.15, 0.2) is 0 Å². The molecule has 6 heteroatoms. The van der Waals surface area contributed by atoms with Crippen molar-refractivity contribution in [2.75, 3.05) is 12.3 Å². The number of rotatable bonds is 4. The Kier molecular flexibility index (Phi) is 3.77. The minimum Gasteiger partial charge on any atom is -0.395 e. The highest BCUT2D eigenvalue weighted by molar-refractivity contribution is 7.99. The summed E-state index contributed by atoms with van der Waals surface area (Å²) in [6.07, 6.45) is 0. The summed E-state index contributed by atoms with van der Waals surface area (Å²) in [5.41, 5.74) is 6.41. The normalized spacial score (nSPS) is 13.2. The molecular formula is C6H11N3OS2. The van der Waals surface area contributed by atoms with Gasteiger partial charge in [-0.1, -0.05) is 11.4 Å². The molecule has 12 heavy (non-hydrogen) atoms. The van der Waals surface area contributed by atoms with E-state index in [0.717, 1.165) is 11.4 Å². The zero-order chi connectivity index (χ0) is 8.97. The molecule has 0 aliphatic rings. The number of nitrogens with two attached hydrogens (primary N) is 1. The van der Waals surface area contributed by atoms with Crippen LogP contribution in [0.4, 0.5) is 5.00 Å². The number of hydrogen-bond acceptors (Lipinski definition) is 6. The second-order valence-electron chi connectivity index (χ2n) is 2.39. The van der Waals surface area contributed by atoms with Gasteiger partial charge in [0.1, 0.15) is 10.7 Å². The van der Waals surface area contributed by atoms with E-state index >= 15 is 0 Å². The molecule has 1 heterocycles. The number of nitrogen functional groups attached to an aromatic ring is 1. The van der Waals surface area contributed by atoms with Crippen molar-refractivity contribution in [1.82, 2.24) is 9.59 Å². The zero-order valence-corrected chi connectivity index (χ0v) is 8.36. The molecule has 0 radical (unpaired) electrons. The molecule has 0 spiro atoms. The molecule has 0 aliphatic carbocycles. The first-order chi connectivity index (χ1) is 5.74. The Morgan fingerprint density at radius 1 is 1.75 bits per heavy atom. The van der Waals surface area contributed by atoms with Crippen molar-refractivity contribution < 1.29 is 5.11 Å². The molecule has 0 aromatic carbocycles. The van der Waals surface area contributed by atoms with Crippen LogP contribution in [0.15, 0.2) is 0 Å². The van der Waals surface area contributed by atoms with Crippen molar-refractivity contribution in [2.24, 2.45) is 0 Å². The molecule has 0 amide bonds. The minimum absolute atomic E-state index is 0.183. The lowest BCUT2D eigenvalue weighted by molar-refractivity contribution is 0.300. The van der Waals surface area contributed by atoms with E-state index in [-0.39, 0.29) is 11.9 Å². The van der Waals surface area contributed by atoms with Crippen LogP contribution in [0.5, 0.6) is 0 Å². The molecule has 0 bridgehead atoms. The Labute approximate surface area is 79.3 Å². The molecule has 1 rings (SSSR count). The molecule has 68 valence electrons. The third kappa shape index (κ3) is 2.62. The quantitative estimate of drug-likeness (QED) is 0.758. The molecule has 1 atom stereocenters. The molecule has 0 fully saturated rings. The third-order valence-corrected chi connectivity index (χ3v) is 3.10. The Morgan fingerprint density at radius 3 is 3.00 bits per heavy atom. The summed E-state index contributed by atoms with van der Waals surface area (Å²) in [5, 5.41) is 13.5. The van der Waals surface area contributed by atoms with Crippen LogP contribution in [0.1, 0.15) is 12.6 Å². The number of aliphatic hydroxyl groups is 1. The largest absolute Gasteiger partial charge is 0.395 e. The van der Waals surface area contributed by atoms with Crippen LogP contribution in [-0.4, -0.2) is 26.6 Å². The summed E-state index contributed by atoms with van der Waals surface area (Å²) in [4.78, 5) is 0. The molecule has 1 aromatic rings. The highest BCUT2D eigenvalue weighted by atomic mass is 32.2. The molecular weight excluding hydrogens is 194 g/mol. The van der Waals surface area contributed by atoms with Gasteiger partial charge >= 0.3 is 0 Å². The van der Waals surface area contributed by atoms with Gasteiger partial charge in [-0.15, -0.1) is 16.9 Å². The average molecular weight is 205 g/mol. The van der Waals surface area contributed by atoms with Crippen molar-refractivity contribution in [3.8, 4) is 0 Å². The number of aromatic nitrogens is 2. The van der Waals surface area contributed by atoms with Crippen molar-refractivity contribution in [3.05, 3.63) is 5.69 Å². The fourth-order valence-corrected chi connectivity index (χ4v) is 1.89. The van der Waals surface area contributed by atoms with Crippen LogP contribution in [0.3, 0.4) is 0 Å². The first kappa shape index (κ1) is 9.76. The Hall–Kier alpha value is -0.330. The van der Waals surface area contributed by atoms with E-state index in [0.29, 0.717) is 5.00 Å². The van der Waals surface area contributed by atoms with Gasteiger partial charge in [-0.05, 0) is 0 Å². The molecule has 0 saturated heterocycles. The predicted molar refractivity (Wildman–Crippen MR) is 52.2 cm³/mol. The highest BCUT2D eigenvalue weighted by Crippen LogP contribution is 2.21. The number of nitrogens with zero attached hydrogens (tertiary/aromatic N) is 2. The number of thioether (sulfide) groups is 1. The molecule has 1 unspecified atom stereocenters. The predicted octanol–water partition coefficient (Wildman–Crippen LogP) is 0.734. The van der Waals surface area contributed by atoms with Crippen LogP contribution in [0.2, 0.25) is 0 Å². The van der Waals surface area contributed by atoms with Gasteiger partial charge in [0.05, 0.1) is 6.61 Å². The lowest BCUT2D eigenvalue weighted by Crippen LogP contribution is -2.03. The lowest BCUT2D eigenvalue weighted by atomic mass is 10.5. The summed E-state index contributed by atoms with van der Waals surface area (Å²) >= 11 is 2.83. The molecule has 3 N–H and O–H groups in total. The van der Waals surface area contributed by atoms with Crippen molar-refractivity contribution in [1.29, 1.82) is 0 Å². The number of anilines is 1. The second-order valence-corrected chi connectivity index (χ2v) is 4.60. The van der Waals surface area contributed by atoms with Crippen LogP contribution >= 0.6 is 23.3 Å². The van der Waals surface area contributed by atoms with E-state index in [9.17, 15) is 0 Å². The maximum absolute atomic E-state index is 8.75. The summed E-state index contributed by atoms with van der Waals surface area (Å²) < 4.78 is 3.72. The number of aliphatic hydroxyl groups excluding tert-OH is 1. The van der Waals surface area contributed by atoms with E-state index in [1.165, 1.54) is 11.5 Å². The minimum atomic E-state index is 0.183. The molecule has 0 aliphatic heterocycles. The fourth-order valence-electron chi connectivity index (χ4n) is 0.590. The van der Waals surface area contributed by atoms with Crippen LogP contribution in [0, 0.1) is 0 Å². The van der Waals surface area contributed by atoms with Crippen LogP contribution < -0.4 is 5.73 Å². The van der Waals surface area contributed by atoms with Crippen molar-refractivity contribution >= 4 is 28.3 Å². The average Bonchev–Trinajstić information content (AvgIpc) is 2.47. The van der Waals surface area contributed by atoms with Gasteiger partial charge in [-0.2, -0.15) is 0 Å². The fraction of sp³-hybridized carbons (Fsp3) is 0.667. The standard InChI is InChI=1S/C6H11N3OS2/c1-4(2-10)11-3-5-6(7)12-9-8-5/h4,10H,2-3,7H2,1H3. The summed E-state index contributed by atoms with van der Waals surface area (Å²) in [7, 11) is 0. The Morgan fingerprint density at radius 2 is 2.50 bits per heavy atom. The van der Waals surface area contributed by atoms with Gasteiger partial charge in [0.25, 0.3) is 0 Å². The maximum Gasteiger partial charge on any atom is 0.131 e. The van der Waals surface area contributed by atoms with E-state index in [1.54, 1.807) is 11.8 Å². The molecule has 0 saturated carbocycles. The smallest absolute Gasteiger partial charge is 0.131 e. The molecule has 1 aromatic heterocycles. The summed E-state index contributed by atoms with van der Waals surface area (Å²) in [5.74, 6) is 0.726. The van der Waals surface area contributed by atoms with E-state index in [2.05, 4.69) is 9.59 Å². The van der Waals surface area contributed by atoms with Gasteiger partial charge in [0.2, 0.25) is 0 Å². The van der Waals surface area contributed by atoms with E-state index in [1.807, 2.05) is 6.92 Å².